The van der Waals surface area contributed by atoms with E-state index in [0.717, 1.165) is 67.0 Å². The number of piperidine rings is 1. The molecule has 5 rings (SSSR count). The lowest BCUT2D eigenvalue weighted by Crippen LogP contribution is -2.26. The highest BCUT2D eigenvalue weighted by molar-refractivity contribution is 7.90. The molecule has 3 aromatic rings. The Hall–Kier alpha value is -2.45. The number of nitrogens with zero attached hydrogens (tertiary/aromatic N) is 3. The third-order valence-corrected chi connectivity index (χ3v) is 6.88. The molecule has 0 amide bonds. The van der Waals surface area contributed by atoms with Crippen LogP contribution in [0.2, 0.25) is 0 Å². The third-order valence-electron chi connectivity index (χ3n) is 5.77. The first-order valence-electron chi connectivity index (χ1n) is 9.56. The molecule has 1 N–H and O–H groups in total. The van der Waals surface area contributed by atoms with E-state index >= 15 is 0 Å². The van der Waals surface area contributed by atoms with E-state index in [9.17, 15) is 8.42 Å². The second-order valence-corrected chi connectivity index (χ2v) is 9.57. The van der Waals surface area contributed by atoms with Gasteiger partial charge in [-0.1, -0.05) is 0 Å². The van der Waals surface area contributed by atoms with Crippen LogP contribution in [0.4, 0.5) is 11.5 Å². The van der Waals surface area contributed by atoms with E-state index in [1.807, 2.05) is 12.3 Å². The Balaban J connectivity index is 1.56. The second kappa shape index (κ2) is 6.56. The molecule has 2 aliphatic heterocycles. The smallest absolute Gasteiger partial charge is 0.195 e. The van der Waals surface area contributed by atoms with Crippen molar-refractivity contribution in [1.82, 2.24) is 15.3 Å². The van der Waals surface area contributed by atoms with Crippen molar-refractivity contribution in [2.75, 3.05) is 30.8 Å². The van der Waals surface area contributed by atoms with Gasteiger partial charge in [-0.05, 0) is 62.0 Å². The summed E-state index contributed by atoms with van der Waals surface area (Å²) in [6, 6.07) is 5.29. The predicted molar refractivity (Wildman–Crippen MR) is 107 cm³/mol. The van der Waals surface area contributed by atoms with Gasteiger partial charge in [0.2, 0.25) is 0 Å². The number of benzene rings is 1. The lowest BCUT2D eigenvalue weighted by molar-refractivity contribution is 0.457. The van der Waals surface area contributed by atoms with Gasteiger partial charge in [-0.15, -0.1) is 0 Å². The fraction of sp³-hybridized carbons (Fsp3) is 0.400. The molecular weight excluding hydrogens is 376 g/mol. The Morgan fingerprint density at radius 1 is 1.21 bits per heavy atom. The number of rotatable bonds is 3. The first-order chi connectivity index (χ1) is 13.5. The molecule has 4 heterocycles. The van der Waals surface area contributed by atoms with Crippen molar-refractivity contribution in [2.24, 2.45) is 0 Å². The standard InChI is InChI=1S/C20H22N4O3S/c1-28(25,26)15-2-3-17-14(10-15)6-9-24(17)20-19-18(22-12-23-20)16(11-27-19)13-4-7-21-8-5-13/h2-3,10-13,21H,4-9H2,1H3. The van der Waals surface area contributed by atoms with Crippen LogP contribution in [0.25, 0.3) is 11.1 Å². The highest BCUT2D eigenvalue weighted by Crippen LogP contribution is 2.40. The van der Waals surface area contributed by atoms with Crippen LogP contribution >= 0.6 is 0 Å². The van der Waals surface area contributed by atoms with E-state index in [1.54, 1.807) is 18.5 Å². The Kier molecular flexibility index (Phi) is 4.13. The molecule has 0 aliphatic carbocycles. The maximum atomic E-state index is 11.9. The number of sulfone groups is 1. The molecule has 1 fully saturated rings. The summed E-state index contributed by atoms with van der Waals surface area (Å²) in [7, 11) is -3.22. The molecule has 0 unspecified atom stereocenters. The molecule has 0 saturated carbocycles. The van der Waals surface area contributed by atoms with Gasteiger partial charge in [0.05, 0.1) is 11.2 Å². The van der Waals surface area contributed by atoms with Crippen LogP contribution in [0.3, 0.4) is 0 Å². The quantitative estimate of drug-likeness (QED) is 0.726. The summed E-state index contributed by atoms with van der Waals surface area (Å²) in [5.41, 5.74) is 4.74. The molecule has 1 saturated heterocycles. The molecular formula is C20H22N4O3S. The fourth-order valence-corrected chi connectivity index (χ4v) is 4.97. The summed E-state index contributed by atoms with van der Waals surface area (Å²) in [5, 5.41) is 3.39. The first kappa shape index (κ1) is 17.6. The zero-order chi connectivity index (χ0) is 19.3. The number of hydrogen-bond acceptors (Lipinski definition) is 7. The average Bonchev–Trinajstić information content (AvgIpc) is 3.31. The molecule has 0 bridgehead atoms. The Morgan fingerprint density at radius 2 is 2.04 bits per heavy atom. The van der Waals surface area contributed by atoms with E-state index < -0.39 is 9.84 Å². The van der Waals surface area contributed by atoms with Gasteiger partial charge in [0.25, 0.3) is 0 Å². The molecule has 0 radical (unpaired) electrons. The van der Waals surface area contributed by atoms with Crippen molar-refractivity contribution >= 4 is 32.4 Å². The molecule has 0 atom stereocenters. The Labute approximate surface area is 163 Å². The summed E-state index contributed by atoms with van der Waals surface area (Å²) in [6.45, 7) is 2.76. The van der Waals surface area contributed by atoms with Gasteiger partial charge in [-0.2, -0.15) is 0 Å². The number of nitrogens with one attached hydrogen (secondary N) is 1. The van der Waals surface area contributed by atoms with Crippen LogP contribution in [0.15, 0.2) is 40.1 Å². The minimum absolute atomic E-state index is 0.354. The van der Waals surface area contributed by atoms with Gasteiger partial charge in [0.15, 0.2) is 21.2 Å². The van der Waals surface area contributed by atoms with Gasteiger partial charge < -0.3 is 14.6 Å². The van der Waals surface area contributed by atoms with Crippen molar-refractivity contribution < 1.29 is 12.8 Å². The summed E-state index contributed by atoms with van der Waals surface area (Å²) in [4.78, 5) is 11.5. The Morgan fingerprint density at radius 3 is 2.82 bits per heavy atom. The van der Waals surface area contributed by atoms with Crippen LogP contribution in [-0.2, 0) is 16.3 Å². The maximum absolute atomic E-state index is 11.9. The Bertz CT molecular complexity index is 1150. The normalized spacial score (nSPS) is 18.0. The number of fused-ring (bicyclic) bond motifs is 2. The topological polar surface area (TPSA) is 88.3 Å². The highest BCUT2D eigenvalue weighted by Gasteiger charge is 2.28. The van der Waals surface area contributed by atoms with E-state index in [4.69, 9.17) is 4.42 Å². The van der Waals surface area contributed by atoms with Crippen molar-refractivity contribution in [3.8, 4) is 0 Å². The first-order valence-corrected chi connectivity index (χ1v) is 11.4. The minimum Gasteiger partial charge on any atom is -0.458 e. The van der Waals surface area contributed by atoms with Crippen LogP contribution in [0.5, 0.6) is 0 Å². The van der Waals surface area contributed by atoms with Gasteiger partial charge in [-0.25, -0.2) is 18.4 Å². The van der Waals surface area contributed by atoms with Gasteiger partial charge in [0.1, 0.15) is 11.8 Å². The molecule has 1 aromatic carbocycles. The second-order valence-electron chi connectivity index (χ2n) is 7.55. The van der Waals surface area contributed by atoms with E-state index in [0.29, 0.717) is 16.4 Å². The van der Waals surface area contributed by atoms with E-state index in [-0.39, 0.29) is 0 Å². The molecule has 7 nitrogen and oxygen atoms in total. The summed E-state index contributed by atoms with van der Waals surface area (Å²) in [6.07, 6.45) is 7.60. The van der Waals surface area contributed by atoms with Crippen LogP contribution < -0.4 is 10.2 Å². The van der Waals surface area contributed by atoms with Crippen LogP contribution in [0.1, 0.15) is 29.9 Å². The maximum Gasteiger partial charge on any atom is 0.195 e. The van der Waals surface area contributed by atoms with Crippen LogP contribution in [-0.4, -0.2) is 44.3 Å². The SMILES string of the molecule is CS(=O)(=O)c1ccc2c(c1)CCN2c1ncnc2c(C3CCNCC3)coc12. The summed E-state index contributed by atoms with van der Waals surface area (Å²) >= 11 is 0. The monoisotopic (exact) mass is 398 g/mol. The van der Waals surface area contributed by atoms with E-state index in [2.05, 4.69) is 20.2 Å². The molecule has 0 spiro atoms. The van der Waals surface area contributed by atoms with Gasteiger partial charge in [0, 0.05) is 24.1 Å². The molecule has 146 valence electrons. The largest absolute Gasteiger partial charge is 0.458 e. The summed E-state index contributed by atoms with van der Waals surface area (Å²) in [5.74, 6) is 1.20. The lowest BCUT2D eigenvalue weighted by atomic mass is 9.91. The highest BCUT2D eigenvalue weighted by atomic mass is 32.2. The van der Waals surface area contributed by atoms with Crippen LogP contribution in [0, 0.1) is 0 Å². The predicted octanol–water partition coefficient (Wildman–Crippen LogP) is 2.79. The van der Waals surface area contributed by atoms with Crippen molar-refractivity contribution in [3.05, 3.63) is 41.9 Å². The number of furan rings is 1. The van der Waals surface area contributed by atoms with Crippen molar-refractivity contribution in [3.63, 3.8) is 0 Å². The molecule has 2 aromatic heterocycles. The number of aromatic nitrogens is 2. The molecule has 28 heavy (non-hydrogen) atoms. The van der Waals surface area contributed by atoms with Crippen molar-refractivity contribution in [2.45, 2.75) is 30.1 Å². The van der Waals surface area contributed by atoms with Crippen molar-refractivity contribution in [1.29, 1.82) is 0 Å². The van der Waals surface area contributed by atoms with Gasteiger partial charge in [-0.3, -0.25) is 0 Å². The zero-order valence-electron chi connectivity index (χ0n) is 15.7. The molecule has 8 heteroatoms. The third kappa shape index (κ3) is 2.87. The zero-order valence-corrected chi connectivity index (χ0v) is 16.5. The minimum atomic E-state index is -3.22. The lowest BCUT2D eigenvalue weighted by Gasteiger charge is -2.21. The number of anilines is 2. The number of hydrogen-bond donors (Lipinski definition) is 1. The molecule has 2 aliphatic rings. The fourth-order valence-electron chi connectivity index (χ4n) is 4.30. The van der Waals surface area contributed by atoms with E-state index in [1.165, 1.54) is 6.26 Å². The average molecular weight is 398 g/mol. The summed E-state index contributed by atoms with van der Waals surface area (Å²) < 4.78 is 29.7. The van der Waals surface area contributed by atoms with Gasteiger partial charge >= 0.3 is 0 Å².